The van der Waals surface area contributed by atoms with Crippen LogP contribution in [0.25, 0.3) is 0 Å². The van der Waals surface area contributed by atoms with E-state index in [0.29, 0.717) is 31.7 Å². The number of benzene rings is 2. The lowest BCUT2D eigenvalue weighted by Gasteiger charge is -2.23. The van der Waals surface area contributed by atoms with E-state index in [1.54, 1.807) is 48.5 Å². The Morgan fingerprint density at radius 1 is 1.15 bits per heavy atom. The summed E-state index contributed by atoms with van der Waals surface area (Å²) in [5.74, 6) is 0.410. The molecule has 1 aliphatic heterocycles. The molecule has 0 aromatic heterocycles. The van der Waals surface area contributed by atoms with E-state index in [-0.39, 0.29) is 10.8 Å². The molecule has 27 heavy (non-hydrogen) atoms. The molecule has 144 valence electrons. The third kappa shape index (κ3) is 4.31. The van der Waals surface area contributed by atoms with Crippen LogP contribution in [0, 0.1) is 6.92 Å². The second-order valence-electron chi connectivity index (χ2n) is 6.53. The molecule has 0 saturated carbocycles. The zero-order valence-corrected chi connectivity index (χ0v) is 16.3. The number of carbonyl (C=O) groups excluding carboxylic acids is 1. The number of hydrogen-bond donors (Lipinski definition) is 1. The molecule has 7 heteroatoms. The molecule has 0 bridgehead atoms. The first-order chi connectivity index (χ1) is 12.9. The first kappa shape index (κ1) is 19.4. The van der Waals surface area contributed by atoms with Crippen LogP contribution >= 0.6 is 0 Å². The van der Waals surface area contributed by atoms with Gasteiger partial charge in [-0.25, -0.2) is 8.42 Å². The molecule has 1 atom stereocenters. The van der Waals surface area contributed by atoms with Crippen LogP contribution < -0.4 is 10.1 Å². The van der Waals surface area contributed by atoms with Gasteiger partial charge in [-0.2, -0.15) is 4.31 Å². The average Bonchev–Trinajstić information content (AvgIpc) is 3.15. The van der Waals surface area contributed by atoms with Crippen LogP contribution in [-0.4, -0.2) is 37.8 Å². The van der Waals surface area contributed by atoms with E-state index >= 15 is 0 Å². The molecule has 6 nitrogen and oxygen atoms in total. The van der Waals surface area contributed by atoms with E-state index in [0.717, 1.165) is 11.3 Å². The minimum atomic E-state index is -3.70. The van der Waals surface area contributed by atoms with Gasteiger partial charge in [0.25, 0.3) is 0 Å². The fourth-order valence-corrected chi connectivity index (χ4v) is 4.82. The quantitative estimate of drug-likeness (QED) is 0.825. The van der Waals surface area contributed by atoms with Gasteiger partial charge in [0, 0.05) is 12.2 Å². The average molecular weight is 388 g/mol. The summed E-state index contributed by atoms with van der Waals surface area (Å²) in [6.07, 6.45) is 1.17. The van der Waals surface area contributed by atoms with Crippen LogP contribution in [0.2, 0.25) is 0 Å². The first-order valence-electron chi connectivity index (χ1n) is 9.04. The molecule has 1 fully saturated rings. The SMILES string of the molecule is CCOc1ccc(NC(=O)[C@@H]2CCCN2S(=O)(=O)c2ccc(C)cc2)cc1. The van der Waals surface area contributed by atoms with Gasteiger partial charge in [0.15, 0.2) is 0 Å². The number of hydrogen-bond acceptors (Lipinski definition) is 4. The van der Waals surface area contributed by atoms with Crippen LogP contribution in [0.5, 0.6) is 5.75 Å². The van der Waals surface area contributed by atoms with Crippen molar-refractivity contribution in [2.45, 2.75) is 37.6 Å². The molecule has 0 aliphatic carbocycles. The smallest absolute Gasteiger partial charge is 0.243 e. The largest absolute Gasteiger partial charge is 0.494 e. The Kier molecular flexibility index (Phi) is 5.82. The van der Waals surface area contributed by atoms with Gasteiger partial charge in [0.05, 0.1) is 11.5 Å². The maximum absolute atomic E-state index is 13.0. The zero-order valence-electron chi connectivity index (χ0n) is 15.5. The van der Waals surface area contributed by atoms with Crippen molar-refractivity contribution in [3.63, 3.8) is 0 Å². The summed E-state index contributed by atoms with van der Waals surface area (Å²) < 4.78 is 32.6. The topological polar surface area (TPSA) is 75.7 Å². The van der Waals surface area contributed by atoms with Crippen molar-refractivity contribution in [3.05, 3.63) is 54.1 Å². The molecular weight excluding hydrogens is 364 g/mol. The zero-order chi connectivity index (χ0) is 19.4. The number of carbonyl (C=O) groups is 1. The number of rotatable bonds is 6. The summed E-state index contributed by atoms with van der Waals surface area (Å²) in [7, 11) is -3.70. The Labute approximate surface area is 160 Å². The molecule has 1 amide bonds. The lowest BCUT2D eigenvalue weighted by molar-refractivity contribution is -0.119. The molecule has 1 saturated heterocycles. The van der Waals surface area contributed by atoms with E-state index < -0.39 is 16.1 Å². The number of amides is 1. The second-order valence-corrected chi connectivity index (χ2v) is 8.42. The van der Waals surface area contributed by atoms with E-state index in [2.05, 4.69) is 5.32 Å². The minimum Gasteiger partial charge on any atom is -0.494 e. The maximum Gasteiger partial charge on any atom is 0.243 e. The normalized spacial score (nSPS) is 17.6. The summed E-state index contributed by atoms with van der Waals surface area (Å²) in [4.78, 5) is 12.9. The lowest BCUT2D eigenvalue weighted by Crippen LogP contribution is -2.43. The fraction of sp³-hybridized carbons (Fsp3) is 0.350. The van der Waals surface area contributed by atoms with Crippen LogP contribution in [0.4, 0.5) is 5.69 Å². The van der Waals surface area contributed by atoms with Crippen LogP contribution in [-0.2, 0) is 14.8 Å². The summed E-state index contributed by atoms with van der Waals surface area (Å²) in [5.41, 5.74) is 1.60. The third-order valence-electron chi connectivity index (χ3n) is 4.57. The fourth-order valence-electron chi connectivity index (χ4n) is 3.16. The highest BCUT2D eigenvalue weighted by Gasteiger charge is 2.39. The van der Waals surface area contributed by atoms with Gasteiger partial charge in [-0.05, 0) is 63.1 Å². The summed E-state index contributed by atoms with van der Waals surface area (Å²) in [6.45, 7) is 4.72. The molecule has 0 radical (unpaired) electrons. The van der Waals surface area contributed by atoms with E-state index in [4.69, 9.17) is 4.74 Å². The van der Waals surface area contributed by atoms with Crippen molar-refractivity contribution in [1.82, 2.24) is 4.31 Å². The molecule has 1 aliphatic rings. The molecule has 1 N–H and O–H groups in total. The van der Waals surface area contributed by atoms with Gasteiger partial charge in [-0.1, -0.05) is 17.7 Å². The van der Waals surface area contributed by atoms with Crippen molar-refractivity contribution >= 4 is 21.6 Å². The Hall–Kier alpha value is -2.38. The van der Waals surface area contributed by atoms with Crippen molar-refractivity contribution in [3.8, 4) is 5.75 Å². The van der Waals surface area contributed by atoms with Crippen molar-refractivity contribution in [2.24, 2.45) is 0 Å². The highest BCUT2D eigenvalue weighted by atomic mass is 32.2. The minimum absolute atomic E-state index is 0.217. The van der Waals surface area contributed by atoms with Crippen LogP contribution in [0.1, 0.15) is 25.3 Å². The molecule has 0 spiro atoms. The predicted molar refractivity (Wildman–Crippen MR) is 104 cm³/mol. The number of anilines is 1. The predicted octanol–water partition coefficient (Wildman–Crippen LogP) is 3.19. The van der Waals surface area contributed by atoms with E-state index in [1.807, 2.05) is 13.8 Å². The molecule has 0 unspecified atom stereocenters. The summed E-state index contributed by atoms with van der Waals surface area (Å²) in [6, 6.07) is 13.0. The van der Waals surface area contributed by atoms with Crippen molar-refractivity contribution in [1.29, 1.82) is 0 Å². The number of nitrogens with zero attached hydrogens (tertiary/aromatic N) is 1. The Morgan fingerprint density at radius 3 is 2.44 bits per heavy atom. The van der Waals surface area contributed by atoms with E-state index in [9.17, 15) is 13.2 Å². The second kappa shape index (κ2) is 8.10. The maximum atomic E-state index is 13.0. The Morgan fingerprint density at radius 2 is 1.81 bits per heavy atom. The van der Waals surface area contributed by atoms with Gasteiger partial charge in [-0.3, -0.25) is 4.79 Å². The van der Waals surface area contributed by atoms with Gasteiger partial charge in [0.2, 0.25) is 15.9 Å². The van der Waals surface area contributed by atoms with E-state index in [1.165, 1.54) is 4.31 Å². The van der Waals surface area contributed by atoms with Gasteiger partial charge >= 0.3 is 0 Å². The Bertz CT molecular complexity index is 893. The molecular formula is C20H24N2O4S. The molecule has 3 rings (SSSR count). The third-order valence-corrected chi connectivity index (χ3v) is 6.49. The number of ether oxygens (including phenoxy) is 1. The molecule has 2 aromatic carbocycles. The molecule has 1 heterocycles. The first-order valence-corrected chi connectivity index (χ1v) is 10.5. The van der Waals surface area contributed by atoms with Gasteiger partial charge in [0.1, 0.15) is 11.8 Å². The number of nitrogens with one attached hydrogen (secondary N) is 1. The standard InChI is InChI=1S/C20H24N2O4S/c1-3-26-17-10-8-16(9-11-17)21-20(23)19-5-4-14-22(19)27(24,25)18-12-6-15(2)7-13-18/h6-13,19H,3-5,14H2,1-2H3,(H,21,23)/t19-/m0/s1. The number of sulfonamides is 1. The van der Waals surface area contributed by atoms with Crippen molar-refractivity contribution < 1.29 is 17.9 Å². The Balaban J connectivity index is 1.75. The summed E-state index contributed by atoms with van der Waals surface area (Å²) >= 11 is 0. The highest BCUT2D eigenvalue weighted by Crippen LogP contribution is 2.27. The van der Waals surface area contributed by atoms with Gasteiger partial charge < -0.3 is 10.1 Å². The van der Waals surface area contributed by atoms with Crippen molar-refractivity contribution in [2.75, 3.05) is 18.5 Å². The lowest BCUT2D eigenvalue weighted by atomic mass is 10.2. The molecule has 2 aromatic rings. The van der Waals surface area contributed by atoms with Crippen LogP contribution in [0.3, 0.4) is 0 Å². The number of aryl methyl sites for hydroxylation is 1. The van der Waals surface area contributed by atoms with Gasteiger partial charge in [-0.15, -0.1) is 0 Å². The highest BCUT2D eigenvalue weighted by molar-refractivity contribution is 7.89. The summed E-state index contributed by atoms with van der Waals surface area (Å²) in [5, 5.41) is 2.82. The monoisotopic (exact) mass is 388 g/mol. The van der Waals surface area contributed by atoms with Crippen LogP contribution in [0.15, 0.2) is 53.4 Å².